The number of esters is 2. The van der Waals surface area contributed by atoms with E-state index in [2.05, 4.69) is 0 Å². The van der Waals surface area contributed by atoms with Gasteiger partial charge in [-0.25, -0.2) is 0 Å². The number of carbonyl (C=O) groups is 2. The number of hydrogen-bond donors (Lipinski definition) is 0. The van der Waals surface area contributed by atoms with E-state index in [9.17, 15) is 9.59 Å². The van der Waals surface area contributed by atoms with Gasteiger partial charge in [-0.1, -0.05) is 35.9 Å². The minimum absolute atomic E-state index is 0.00142. The normalized spacial score (nSPS) is 23.9. The Bertz CT molecular complexity index is 584. The fourth-order valence-electron chi connectivity index (χ4n) is 2.17. The highest BCUT2D eigenvalue weighted by atomic mass is 35.5. The van der Waals surface area contributed by atoms with Gasteiger partial charge >= 0.3 is 11.9 Å². The maximum absolute atomic E-state index is 11.2. The van der Waals surface area contributed by atoms with E-state index in [-0.39, 0.29) is 12.7 Å². The number of carbonyl (C=O) groups excluding carboxylic acids is 2. The van der Waals surface area contributed by atoms with Gasteiger partial charge in [0, 0.05) is 24.4 Å². The van der Waals surface area contributed by atoms with Crippen LogP contribution in [0.4, 0.5) is 0 Å². The van der Waals surface area contributed by atoms with Gasteiger partial charge in [-0.15, -0.1) is 0 Å². The van der Waals surface area contributed by atoms with E-state index >= 15 is 0 Å². The number of ether oxygens (including phenoxy) is 3. The summed E-state index contributed by atoms with van der Waals surface area (Å²) in [5.41, 5.74) is 0.800. The molecule has 0 unspecified atom stereocenters. The highest BCUT2D eigenvalue weighted by Gasteiger charge is 2.31. The second kappa shape index (κ2) is 7.42. The number of hydrogen-bond acceptors (Lipinski definition) is 5. The van der Waals surface area contributed by atoms with E-state index in [0.717, 1.165) is 5.56 Å². The third-order valence-corrected chi connectivity index (χ3v) is 3.47. The van der Waals surface area contributed by atoms with Gasteiger partial charge in [0.1, 0.15) is 24.9 Å². The zero-order valence-electron chi connectivity index (χ0n) is 12.3. The number of halogens is 1. The van der Waals surface area contributed by atoms with Gasteiger partial charge in [0.25, 0.3) is 0 Å². The third kappa shape index (κ3) is 4.32. The number of rotatable bonds is 4. The van der Waals surface area contributed by atoms with Crippen LogP contribution in [-0.2, 0) is 23.8 Å². The predicted octanol–water partition coefficient (Wildman–Crippen LogP) is 2.83. The lowest BCUT2D eigenvalue weighted by Crippen LogP contribution is -2.39. The Kier molecular flexibility index (Phi) is 5.57. The van der Waals surface area contributed by atoms with Crippen molar-refractivity contribution in [3.05, 3.63) is 47.0 Å². The molecular formula is C16H17ClO5. The Balaban J connectivity index is 2.18. The molecule has 0 N–H and O–H groups in total. The molecule has 0 aromatic heterocycles. The first-order valence-corrected chi connectivity index (χ1v) is 7.24. The summed E-state index contributed by atoms with van der Waals surface area (Å²) in [6.45, 7) is 2.63. The average Bonchev–Trinajstić information content (AvgIpc) is 2.46. The molecule has 0 spiro atoms. The predicted molar refractivity (Wildman–Crippen MR) is 80.4 cm³/mol. The van der Waals surface area contributed by atoms with Crippen LogP contribution in [0.2, 0.25) is 5.02 Å². The monoisotopic (exact) mass is 324 g/mol. The lowest BCUT2D eigenvalue weighted by atomic mass is 10.0. The first-order chi connectivity index (χ1) is 10.5. The molecule has 5 nitrogen and oxygen atoms in total. The van der Waals surface area contributed by atoms with E-state index in [1.807, 2.05) is 18.2 Å². The molecular weight excluding hydrogens is 308 g/mol. The molecule has 2 rings (SSSR count). The third-order valence-electron chi connectivity index (χ3n) is 3.13. The van der Waals surface area contributed by atoms with Crippen LogP contribution in [0.3, 0.4) is 0 Å². The molecule has 1 aliphatic heterocycles. The summed E-state index contributed by atoms with van der Waals surface area (Å²) in [6.07, 6.45) is 1.93. The molecule has 6 heteroatoms. The smallest absolute Gasteiger partial charge is 0.303 e. The summed E-state index contributed by atoms with van der Waals surface area (Å²) in [4.78, 5) is 22.2. The summed E-state index contributed by atoms with van der Waals surface area (Å²) in [7, 11) is 0. The first kappa shape index (κ1) is 16.5. The maximum Gasteiger partial charge on any atom is 0.303 e. The van der Waals surface area contributed by atoms with Crippen molar-refractivity contribution in [2.75, 3.05) is 6.61 Å². The highest BCUT2D eigenvalue weighted by Crippen LogP contribution is 2.32. The van der Waals surface area contributed by atoms with Crippen LogP contribution in [0.1, 0.15) is 25.5 Å². The maximum atomic E-state index is 11.2. The van der Waals surface area contributed by atoms with Crippen molar-refractivity contribution in [1.29, 1.82) is 0 Å². The summed E-state index contributed by atoms with van der Waals surface area (Å²) in [5.74, 6) is -0.851. The van der Waals surface area contributed by atoms with Crippen LogP contribution in [0.15, 0.2) is 36.4 Å². The second-order valence-electron chi connectivity index (χ2n) is 4.88. The summed E-state index contributed by atoms with van der Waals surface area (Å²) in [5, 5.41) is 0.578. The van der Waals surface area contributed by atoms with E-state index in [1.165, 1.54) is 13.8 Å². The molecule has 3 atom stereocenters. The molecule has 1 aromatic carbocycles. The minimum atomic E-state index is -0.601. The summed E-state index contributed by atoms with van der Waals surface area (Å²) < 4.78 is 16.1. The minimum Gasteiger partial charge on any atom is -0.463 e. The van der Waals surface area contributed by atoms with Crippen LogP contribution in [-0.4, -0.2) is 30.8 Å². The quantitative estimate of drug-likeness (QED) is 0.629. The molecule has 0 radical (unpaired) electrons. The van der Waals surface area contributed by atoms with Crippen LogP contribution in [0.25, 0.3) is 0 Å². The van der Waals surface area contributed by atoms with Crippen LogP contribution < -0.4 is 0 Å². The van der Waals surface area contributed by atoms with Crippen LogP contribution >= 0.6 is 11.6 Å². The fraction of sp³-hybridized carbons (Fsp3) is 0.375. The fourth-order valence-corrected chi connectivity index (χ4v) is 2.41. The molecule has 1 aromatic rings. The standard InChI is InChI=1S/C16H17ClO5/c1-10(18)20-9-16-15(21-11(2)19)8-7-14(22-16)12-5-3-4-6-13(12)17/h3-8,14-16H,9H2,1-2H3/t14-,15-,16+/m0/s1. The summed E-state index contributed by atoms with van der Waals surface area (Å²) >= 11 is 6.17. The second-order valence-corrected chi connectivity index (χ2v) is 5.29. The van der Waals surface area contributed by atoms with E-state index < -0.39 is 24.1 Å². The van der Waals surface area contributed by atoms with Gasteiger partial charge in [-0.3, -0.25) is 9.59 Å². The largest absolute Gasteiger partial charge is 0.463 e. The van der Waals surface area contributed by atoms with Crippen LogP contribution in [0, 0.1) is 0 Å². The van der Waals surface area contributed by atoms with Gasteiger partial charge in [-0.2, -0.15) is 0 Å². The topological polar surface area (TPSA) is 61.8 Å². The van der Waals surface area contributed by atoms with Crippen LogP contribution in [0.5, 0.6) is 0 Å². The van der Waals surface area contributed by atoms with Gasteiger partial charge in [0.05, 0.1) is 0 Å². The van der Waals surface area contributed by atoms with E-state index in [1.54, 1.807) is 18.2 Å². The Morgan fingerprint density at radius 2 is 1.91 bits per heavy atom. The molecule has 0 fully saturated rings. The Morgan fingerprint density at radius 3 is 2.55 bits per heavy atom. The molecule has 0 aliphatic carbocycles. The van der Waals surface area contributed by atoms with E-state index in [0.29, 0.717) is 5.02 Å². The van der Waals surface area contributed by atoms with Gasteiger partial charge in [-0.05, 0) is 12.1 Å². The Morgan fingerprint density at radius 1 is 1.18 bits per heavy atom. The molecule has 22 heavy (non-hydrogen) atoms. The average molecular weight is 325 g/mol. The van der Waals surface area contributed by atoms with Crippen molar-refractivity contribution >= 4 is 23.5 Å². The molecule has 0 bridgehead atoms. The number of benzene rings is 1. The zero-order valence-corrected chi connectivity index (χ0v) is 13.1. The molecule has 0 saturated carbocycles. The highest BCUT2D eigenvalue weighted by molar-refractivity contribution is 6.31. The molecule has 0 amide bonds. The molecule has 1 aliphatic rings. The van der Waals surface area contributed by atoms with Crippen molar-refractivity contribution in [2.24, 2.45) is 0 Å². The molecule has 118 valence electrons. The molecule has 1 heterocycles. The lowest BCUT2D eigenvalue weighted by Gasteiger charge is -2.31. The van der Waals surface area contributed by atoms with Crippen molar-refractivity contribution in [3.8, 4) is 0 Å². The van der Waals surface area contributed by atoms with Gasteiger partial charge < -0.3 is 14.2 Å². The van der Waals surface area contributed by atoms with Gasteiger partial charge in [0.15, 0.2) is 0 Å². The Labute approximate surface area is 133 Å². The Hall–Kier alpha value is -1.85. The molecule has 0 saturated heterocycles. The van der Waals surface area contributed by atoms with Crippen molar-refractivity contribution in [3.63, 3.8) is 0 Å². The SMILES string of the molecule is CC(=O)OC[C@H]1O[C@H](c2ccccc2Cl)C=C[C@@H]1OC(C)=O. The van der Waals surface area contributed by atoms with E-state index in [4.69, 9.17) is 25.8 Å². The lowest BCUT2D eigenvalue weighted by molar-refractivity contribution is -0.163. The zero-order chi connectivity index (χ0) is 16.1. The first-order valence-electron chi connectivity index (χ1n) is 6.86. The van der Waals surface area contributed by atoms with Crippen molar-refractivity contribution in [2.45, 2.75) is 32.2 Å². The van der Waals surface area contributed by atoms with Crippen molar-refractivity contribution in [1.82, 2.24) is 0 Å². The van der Waals surface area contributed by atoms with Crippen molar-refractivity contribution < 1.29 is 23.8 Å². The summed E-state index contributed by atoms with van der Waals surface area (Å²) in [6, 6.07) is 7.31. The van der Waals surface area contributed by atoms with Gasteiger partial charge in [0.2, 0.25) is 0 Å².